The average Bonchev–Trinajstić information content (AvgIpc) is 3.11. The van der Waals surface area contributed by atoms with Crippen molar-refractivity contribution >= 4 is 0 Å². The van der Waals surface area contributed by atoms with Gasteiger partial charge in [0, 0.05) is 30.3 Å². The highest BCUT2D eigenvalue weighted by Gasteiger charge is 2.29. The molecule has 0 amide bonds. The van der Waals surface area contributed by atoms with Crippen LogP contribution in [-0.4, -0.2) is 35.9 Å². The van der Waals surface area contributed by atoms with E-state index in [9.17, 15) is 5.11 Å². The minimum atomic E-state index is 0.259. The lowest BCUT2D eigenvalue weighted by Crippen LogP contribution is -2.43. The second-order valence-electron chi connectivity index (χ2n) is 6.93. The molecule has 4 rings (SSSR count). The summed E-state index contributed by atoms with van der Waals surface area (Å²) in [5, 5.41) is 13.8. The number of nitrogens with two attached hydrogens (primary N) is 1. The number of nitrogens with one attached hydrogen (secondary N) is 1. The molecule has 0 spiro atoms. The van der Waals surface area contributed by atoms with Crippen LogP contribution in [0.3, 0.4) is 0 Å². The van der Waals surface area contributed by atoms with Crippen LogP contribution >= 0.6 is 0 Å². The molecule has 0 aromatic heterocycles. The number of phenols is 1. The highest BCUT2D eigenvalue weighted by atomic mass is 16.5. The van der Waals surface area contributed by atoms with Crippen molar-refractivity contribution in [2.75, 3.05) is 19.8 Å². The van der Waals surface area contributed by atoms with Crippen molar-refractivity contribution in [3.63, 3.8) is 0 Å². The molecule has 0 saturated carbocycles. The lowest BCUT2D eigenvalue weighted by molar-refractivity contribution is 0.151. The number of rotatable bonds is 5. The van der Waals surface area contributed by atoms with Crippen molar-refractivity contribution in [2.45, 2.75) is 25.3 Å². The van der Waals surface area contributed by atoms with E-state index in [4.69, 9.17) is 10.5 Å². The summed E-state index contributed by atoms with van der Waals surface area (Å²) in [4.78, 5) is 2.32. The Hall–Kier alpha value is -2.66. The predicted octanol–water partition coefficient (Wildman–Crippen LogP) is 2.34. The average molecular weight is 351 g/mol. The van der Waals surface area contributed by atoms with Crippen molar-refractivity contribution in [1.29, 1.82) is 0 Å². The van der Waals surface area contributed by atoms with Crippen LogP contribution in [0, 0.1) is 0 Å². The van der Waals surface area contributed by atoms with E-state index in [1.165, 1.54) is 11.3 Å². The van der Waals surface area contributed by atoms with E-state index in [1.54, 1.807) is 0 Å². The van der Waals surface area contributed by atoms with Gasteiger partial charge >= 0.3 is 0 Å². The number of hydrogen-bond acceptors (Lipinski definition) is 5. The minimum absolute atomic E-state index is 0.259. The predicted molar refractivity (Wildman–Crippen MR) is 102 cm³/mol. The molecule has 136 valence electrons. The molecule has 4 N–H and O–H groups in total. The van der Waals surface area contributed by atoms with E-state index in [-0.39, 0.29) is 6.04 Å². The summed E-state index contributed by atoms with van der Waals surface area (Å²) < 4.78 is 6.07. The Morgan fingerprint density at radius 2 is 2.08 bits per heavy atom. The maximum Gasteiger partial charge on any atom is 0.123 e. The van der Waals surface area contributed by atoms with Crippen LogP contribution < -0.4 is 15.8 Å². The fraction of sp³-hybridized carbons (Fsp3) is 0.333. The zero-order chi connectivity index (χ0) is 17.9. The molecule has 1 atom stereocenters. The van der Waals surface area contributed by atoms with Gasteiger partial charge in [0.2, 0.25) is 0 Å². The first-order chi connectivity index (χ1) is 12.7. The van der Waals surface area contributed by atoms with E-state index in [0.29, 0.717) is 25.3 Å². The van der Waals surface area contributed by atoms with Crippen LogP contribution in [0.1, 0.15) is 23.1 Å². The summed E-state index contributed by atoms with van der Waals surface area (Å²) in [7, 11) is 0. The Bertz CT molecular complexity index is 804. The lowest BCUT2D eigenvalue weighted by Gasteiger charge is -2.35. The molecule has 2 heterocycles. The first-order valence-electron chi connectivity index (χ1n) is 9.15. The summed E-state index contributed by atoms with van der Waals surface area (Å²) in [5.74, 6) is 1.23. The maximum atomic E-state index is 10.5. The summed E-state index contributed by atoms with van der Waals surface area (Å²) in [6.07, 6.45) is 4.46. The van der Waals surface area contributed by atoms with Gasteiger partial charge in [0.1, 0.15) is 18.1 Å². The van der Waals surface area contributed by atoms with Crippen molar-refractivity contribution in [2.24, 2.45) is 5.73 Å². The van der Waals surface area contributed by atoms with Crippen LogP contribution in [0.15, 0.2) is 54.4 Å². The molecule has 0 fully saturated rings. The Morgan fingerprint density at radius 1 is 1.23 bits per heavy atom. The first kappa shape index (κ1) is 16.8. The van der Waals surface area contributed by atoms with E-state index in [0.717, 1.165) is 36.4 Å². The SMILES string of the molecule is NCCC1=CNCN1C1COc2cc(Cc3ccccc3)c(O)cc2C1. The molecule has 2 aliphatic rings. The number of nitrogens with zero attached hydrogens (tertiary/aromatic N) is 1. The van der Waals surface area contributed by atoms with Gasteiger partial charge in [-0.25, -0.2) is 0 Å². The quantitative estimate of drug-likeness (QED) is 0.771. The number of fused-ring (bicyclic) bond motifs is 1. The zero-order valence-corrected chi connectivity index (χ0v) is 14.8. The molecular weight excluding hydrogens is 326 g/mol. The molecule has 26 heavy (non-hydrogen) atoms. The highest BCUT2D eigenvalue weighted by molar-refractivity contribution is 5.48. The number of aromatic hydroxyl groups is 1. The number of benzene rings is 2. The molecule has 0 aliphatic carbocycles. The molecule has 0 radical (unpaired) electrons. The van der Waals surface area contributed by atoms with Gasteiger partial charge in [-0.15, -0.1) is 0 Å². The van der Waals surface area contributed by atoms with Gasteiger partial charge in [-0.3, -0.25) is 0 Å². The monoisotopic (exact) mass is 351 g/mol. The summed E-state index contributed by atoms with van der Waals surface area (Å²) >= 11 is 0. The van der Waals surface area contributed by atoms with Crippen LogP contribution in [0.4, 0.5) is 0 Å². The van der Waals surface area contributed by atoms with Crippen molar-refractivity contribution < 1.29 is 9.84 Å². The van der Waals surface area contributed by atoms with Crippen LogP contribution in [0.2, 0.25) is 0 Å². The van der Waals surface area contributed by atoms with Crippen LogP contribution in [0.25, 0.3) is 0 Å². The van der Waals surface area contributed by atoms with Gasteiger partial charge in [0.15, 0.2) is 0 Å². The van der Waals surface area contributed by atoms with E-state index in [1.807, 2.05) is 36.5 Å². The topological polar surface area (TPSA) is 70.8 Å². The third-order valence-electron chi connectivity index (χ3n) is 5.13. The Labute approximate surface area is 154 Å². The minimum Gasteiger partial charge on any atom is -0.508 e. The van der Waals surface area contributed by atoms with Gasteiger partial charge in [-0.1, -0.05) is 30.3 Å². The smallest absolute Gasteiger partial charge is 0.123 e. The molecule has 0 bridgehead atoms. The molecular formula is C21H25N3O2. The van der Waals surface area contributed by atoms with Gasteiger partial charge in [0.05, 0.1) is 12.7 Å². The maximum absolute atomic E-state index is 10.5. The van der Waals surface area contributed by atoms with Crippen molar-refractivity contribution in [1.82, 2.24) is 10.2 Å². The Kier molecular flexibility index (Phi) is 4.71. The molecule has 2 aromatic rings. The highest BCUT2D eigenvalue weighted by Crippen LogP contribution is 2.35. The van der Waals surface area contributed by atoms with Gasteiger partial charge < -0.3 is 25.8 Å². The third-order valence-corrected chi connectivity index (χ3v) is 5.13. The molecule has 1 unspecified atom stereocenters. The number of phenolic OH excluding ortho intramolecular Hbond substituents is 1. The standard InChI is InChI=1S/C21H25N3O2/c22-7-6-18-12-23-14-24(18)19-9-17-10-20(25)16(11-21(17)26-13-19)8-15-4-2-1-3-5-15/h1-5,10-12,19,23,25H,6-9,13-14,22H2. The summed E-state index contributed by atoms with van der Waals surface area (Å²) in [6.45, 7) is 2.07. The van der Waals surface area contributed by atoms with E-state index in [2.05, 4.69) is 22.3 Å². The lowest BCUT2D eigenvalue weighted by atomic mass is 9.96. The first-order valence-corrected chi connectivity index (χ1v) is 9.15. The fourth-order valence-electron chi connectivity index (χ4n) is 3.78. The van der Waals surface area contributed by atoms with Crippen LogP contribution in [0.5, 0.6) is 11.5 Å². The van der Waals surface area contributed by atoms with E-state index < -0.39 is 0 Å². The van der Waals surface area contributed by atoms with Crippen molar-refractivity contribution in [3.05, 3.63) is 71.1 Å². The van der Waals surface area contributed by atoms with Crippen molar-refractivity contribution in [3.8, 4) is 11.5 Å². The largest absolute Gasteiger partial charge is 0.508 e. The molecule has 5 nitrogen and oxygen atoms in total. The molecule has 0 saturated heterocycles. The van der Waals surface area contributed by atoms with Gasteiger partial charge in [-0.05, 0) is 36.2 Å². The molecule has 5 heteroatoms. The fourth-order valence-corrected chi connectivity index (χ4v) is 3.78. The Morgan fingerprint density at radius 3 is 2.88 bits per heavy atom. The number of hydrogen-bond donors (Lipinski definition) is 3. The van der Waals surface area contributed by atoms with Gasteiger partial charge in [0.25, 0.3) is 0 Å². The normalized spacial score (nSPS) is 18.7. The number of ether oxygens (including phenoxy) is 1. The second-order valence-corrected chi connectivity index (χ2v) is 6.93. The van der Waals surface area contributed by atoms with Crippen LogP contribution in [-0.2, 0) is 12.8 Å². The van der Waals surface area contributed by atoms with Gasteiger partial charge in [-0.2, -0.15) is 0 Å². The summed E-state index contributed by atoms with van der Waals surface area (Å²) in [6, 6.07) is 14.3. The summed E-state index contributed by atoms with van der Waals surface area (Å²) in [5.41, 5.74) is 10.1. The molecule has 2 aliphatic heterocycles. The second kappa shape index (κ2) is 7.30. The third kappa shape index (κ3) is 3.35. The molecule has 2 aromatic carbocycles. The Balaban J connectivity index is 1.52. The zero-order valence-electron chi connectivity index (χ0n) is 14.8. The van der Waals surface area contributed by atoms with E-state index >= 15 is 0 Å².